The lowest BCUT2D eigenvalue weighted by atomic mass is 9.84. The van der Waals surface area contributed by atoms with Crippen LogP contribution in [0.25, 0.3) is 0 Å². The van der Waals surface area contributed by atoms with Crippen LogP contribution >= 0.6 is 0 Å². The summed E-state index contributed by atoms with van der Waals surface area (Å²) < 4.78 is 64.6. The van der Waals surface area contributed by atoms with Gasteiger partial charge in [-0.3, -0.25) is 19.2 Å². The number of carbonyl (C=O) groups excluding carboxylic acids is 4. The lowest BCUT2D eigenvalue weighted by Gasteiger charge is -2.17. The van der Waals surface area contributed by atoms with Crippen LogP contribution in [0, 0.1) is 0 Å². The Morgan fingerprint density at radius 1 is 0.550 bits per heavy atom. The van der Waals surface area contributed by atoms with Crippen molar-refractivity contribution >= 4 is 23.1 Å². The van der Waals surface area contributed by atoms with E-state index in [1.54, 1.807) is 0 Å². The van der Waals surface area contributed by atoms with Gasteiger partial charge in [0.15, 0.2) is 23.1 Å². The van der Waals surface area contributed by atoms with Crippen LogP contribution < -0.4 is 0 Å². The molecule has 0 unspecified atom stereocenters. The molecular formula is C16H12O4. The molecule has 4 heteroatoms. The van der Waals surface area contributed by atoms with Crippen LogP contribution in [0.3, 0.4) is 0 Å². The van der Waals surface area contributed by atoms with Crippen LogP contribution in [0.4, 0.5) is 0 Å². The summed E-state index contributed by atoms with van der Waals surface area (Å²) in [7, 11) is 0. The Morgan fingerprint density at radius 2 is 0.750 bits per heavy atom. The zero-order chi connectivity index (χ0) is 21.4. The van der Waals surface area contributed by atoms with Gasteiger partial charge in [0, 0.05) is 33.3 Å². The zero-order valence-corrected chi connectivity index (χ0v) is 9.94. The summed E-state index contributed by atoms with van der Waals surface area (Å²) in [5, 5.41) is 0. The van der Waals surface area contributed by atoms with Crippen molar-refractivity contribution in [3.05, 3.63) is 46.6 Å². The minimum atomic E-state index is -3.21. The minimum absolute atomic E-state index is 0.417. The molecule has 0 aromatic carbocycles. The molecule has 6 aliphatic rings. The smallest absolute Gasteiger partial charge is 0.182 e. The summed E-state index contributed by atoms with van der Waals surface area (Å²) in [6, 6.07) is 0. The molecule has 0 amide bonds. The van der Waals surface area contributed by atoms with Crippen molar-refractivity contribution in [2.45, 2.75) is 25.5 Å². The van der Waals surface area contributed by atoms with Crippen molar-refractivity contribution in [2.75, 3.05) is 0 Å². The van der Waals surface area contributed by atoms with Gasteiger partial charge in [0.05, 0.1) is 0 Å². The molecule has 0 saturated heterocycles. The van der Waals surface area contributed by atoms with Crippen LogP contribution in [-0.2, 0) is 19.2 Å². The largest absolute Gasteiger partial charge is 0.290 e. The molecule has 0 atom stereocenters. The third-order valence-electron chi connectivity index (χ3n) is 2.83. The second kappa shape index (κ2) is 4.63. The van der Waals surface area contributed by atoms with E-state index >= 15 is 0 Å². The summed E-state index contributed by atoms with van der Waals surface area (Å²) in [4.78, 5) is 49.7. The van der Waals surface area contributed by atoms with Gasteiger partial charge >= 0.3 is 0 Å². The summed E-state index contributed by atoms with van der Waals surface area (Å²) in [5.41, 5.74) is -3.84. The van der Waals surface area contributed by atoms with E-state index in [1.165, 1.54) is 0 Å². The normalized spacial score (nSPS) is 38.8. The monoisotopic (exact) mass is 276 g/mol. The van der Waals surface area contributed by atoms with Crippen molar-refractivity contribution in [1.29, 1.82) is 0 Å². The van der Waals surface area contributed by atoms with Crippen LogP contribution in [0.1, 0.15) is 36.5 Å². The molecule has 20 heavy (non-hydrogen) atoms. The third kappa shape index (κ3) is 2.13. The molecule has 0 N–H and O–H groups in total. The lowest BCUT2D eigenvalue weighted by Crippen LogP contribution is -2.18. The van der Waals surface area contributed by atoms with Crippen molar-refractivity contribution in [1.82, 2.24) is 0 Å². The fourth-order valence-corrected chi connectivity index (χ4v) is 1.78. The average Bonchev–Trinajstić information content (AvgIpc) is 2.56. The second-order valence-corrected chi connectivity index (χ2v) is 4.19. The van der Waals surface area contributed by atoms with Crippen LogP contribution in [0.15, 0.2) is 46.6 Å². The number of ketones is 4. The standard InChI is InChI=1S/C16H12O4/c17-13-7-11-3-4-12-8-15(19)10(6-16(12)20)2-1-9(13)5-14(11)18/h5-8H,1-4H2/i1D2,2D2,3D2,4D2. The molecule has 0 aromatic rings. The highest BCUT2D eigenvalue weighted by Crippen LogP contribution is 2.27. The zero-order valence-electron chi connectivity index (χ0n) is 17.9. The van der Waals surface area contributed by atoms with Crippen molar-refractivity contribution < 1.29 is 30.1 Å². The van der Waals surface area contributed by atoms with E-state index in [2.05, 4.69) is 0 Å². The van der Waals surface area contributed by atoms with E-state index in [4.69, 9.17) is 11.0 Å². The first kappa shape index (κ1) is 6.39. The molecular weight excluding hydrogens is 256 g/mol. The van der Waals surface area contributed by atoms with Crippen LogP contribution in [0.2, 0.25) is 0 Å². The van der Waals surface area contributed by atoms with E-state index in [0.29, 0.717) is 24.3 Å². The maximum atomic E-state index is 12.4. The van der Waals surface area contributed by atoms with Gasteiger partial charge in [-0.25, -0.2) is 0 Å². The predicted octanol–water partition coefficient (Wildman–Crippen LogP) is 1.57. The first-order valence-electron chi connectivity index (χ1n) is 9.63. The van der Waals surface area contributed by atoms with Gasteiger partial charge in [-0.15, -0.1) is 0 Å². The van der Waals surface area contributed by atoms with Crippen molar-refractivity contribution in [2.24, 2.45) is 0 Å². The van der Waals surface area contributed by atoms with Gasteiger partial charge in [-0.1, -0.05) is 0 Å². The predicted molar refractivity (Wildman–Crippen MR) is 70.8 cm³/mol. The maximum Gasteiger partial charge on any atom is 0.182 e. The Hall–Kier alpha value is -2.36. The van der Waals surface area contributed by atoms with E-state index in [9.17, 15) is 19.2 Å². The van der Waals surface area contributed by atoms with Gasteiger partial charge in [0.2, 0.25) is 0 Å². The Bertz CT molecular complexity index is 834. The molecule has 0 aliphatic heterocycles. The first-order valence-corrected chi connectivity index (χ1v) is 5.63. The SMILES string of the molecule is [2H]C1([2H])C2=CC(=O)C(=CC2=O)C([2H])([2H])C([2H])([2H])C2=CC(=O)C(=CC2=O)C1([2H])[2H]. The molecule has 0 heterocycles. The Labute approximate surface area is 126 Å². The Kier molecular flexibility index (Phi) is 1.48. The molecule has 0 spiro atoms. The van der Waals surface area contributed by atoms with Gasteiger partial charge < -0.3 is 0 Å². The number of hydrogen-bond acceptors (Lipinski definition) is 4. The quantitative estimate of drug-likeness (QED) is 0.630. The molecule has 6 rings (SSSR count). The van der Waals surface area contributed by atoms with Crippen LogP contribution in [-0.4, -0.2) is 23.1 Å². The lowest BCUT2D eigenvalue weighted by molar-refractivity contribution is -0.116. The Balaban J connectivity index is 2.43. The first-order chi connectivity index (χ1) is 12.6. The van der Waals surface area contributed by atoms with E-state index in [0.717, 1.165) is 0 Å². The molecule has 0 fully saturated rings. The second-order valence-electron chi connectivity index (χ2n) is 4.19. The fourth-order valence-electron chi connectivity index (χ4n) is 1.78. The van der Waals surface area contributed by atoms with E-state index < -0.39 is 70.9 Å². The Morgan fingerprint density at radius 3 is 0.950 bits per heavy atom. The highest BCUT2D eigenvalue weighted by Gasteiger charge is 2.25. The minimum Gasteiger partial charge on any atom is -0.290 e. The van der Waals surface area contributed by atoms with Gasteiger partial charge in [-0.05, 0) is 49.8 Å². The van der Waals surface area contributed by atoms with Gasteiger partial charge in [0.25, 0.3) is 0 Å². The topological polar surface area (TPSA) is 68.3 Å². The molecule has 0 aromatic heterocycles. The fraction of sp³-hybridized carbons (Fsp3) is 0.250. The summed E-state index contributed by atoms with van der Waals surface area (Å²) in [5.74, 6) is -4.91. The molecule has 0 radical (unpaired) electrons. The average molecular weight is 276 g/mol. The number of rotatable bonds is 0. The molecule has 4 bridgehead atoms. The van der Waals surface area contributed by atoms with Crippen LogP contribution in [0.5, 0.6) is 0 Å². The molecule has 6 aliphatic carbocycles. The molecule has 100 valence electrons. The highest BCUT2D eigenvalue weighted by molar-refractivity contribution is 6.22. The van der Waals surface area contributed by atoms with Gasteiger partial charge in [-0.2, -0.15) is 0 Å². The number of carbonyl (C=O) groups is 4. The summed E-state index contributed by atoms with van der Waals surface area (Å²) in [6.07, 6.45) is -11.2. The number of allylic oxidation sites excluding steroid dienone is 8. The van der Waals surface area contributed by atoms with Crippen molar-refractivity contribution in [3.63, 3.8) is 0 Å². The molecule has 4 nitrogen and oxygen atoms in total. The van der Waals surface area contributed by atoms with Crippen molar-refractivity contribution in [3.8, 4) is 0 Å². The maximum absolute atomic E-state index is 12.4. The molecule has 0 saturated carbocycles. The van der Waals surface area contributed by atoms with E-state index in [1.807, 2.05) is 0 Å². The summed E-state index contributed by atoms with van der Waals surface area (Å²) in [6.45, 7) is 0. The number of hydrogen-bond donors (Lipinski definition) is 0. The highest BCUT2D eigenvalue weighted by atomic mass is 16.1. The third-order valence-corrected chi connectivity index (χ3v) is 2.83. The van der Waals surface area contributed by atoms with E-state index in [-0.39, 0.29) is 0 Å². The summed E-state index contributed by atoms with van der Waals surface area (Å²) >= 11 is 0. The van der Waals surface area contributed by atoms with Gasteiger partial charge in [0.1, 0.15) is 0 Å².